The fourth-order valence-electron chi connectivity index (χ4n) is 3.21. The molecule has 0 aliphatic carbocycles. The van der Waals surface area contributed by atoms with Gasteiger partial charge in [0.1, 0.15) is 5.75 Å². The molecule has 5 heteroatoms. The monoisotopic (exact) mass is 333 g/mol. The van der Waals surface area contributed by atoms with E-state index in [-0.39, 0.29) is 11.8 Å². The van der Waals surface area contributed by atoms with Gasteiger partial charge >= 0.3 is 0 Å². The van der Waals surface area contributed by atoms with Crippen LogP contribution in [0, 0.1) is 6.92 Å². The number of para-hydroxylation sites is 2. The second-order valence-corrected chi connectivity index (χ2v) is 6.25. The molecule has 2 atom stereocenters. The number of hydrogen-bond donors (Lipinski definition) is 1. The summed E-state index contributed by atoms with van der Waals surface area (Å²) in [6.45, 7) is 3.94. The van der Waals surface area contributed by atoms with Gasteiger partial charge in [0.2, 0.25) is 0 Å². The summed E-state index contributed by atoms with van der Waals surface area (Å²) in [5, 5.41) is 7.35. The van der Waals surface area contributed by atoms with Crippen molar-refractivity contribution >= 4 is 11.6 Å². The van der Waals surface area contributed by atoms with Gasteiger partial charge in [0.05, 0.1) is 23.3 Å². The smallest absolute Gasteiger partial charge is 0.266 e. The lowest BCUT2D eigenvalue weighted by Crippen LogP contribution is -2.33. The highest BCUT2D eigenvalue weighted by molar-refractivity contribution is 5.96. The number of rotatable bonds is 3. The Balaban J connectivity index is 1.54. The van der Waals surface area contributed by atoms with Gasteiger partial charge in [0.25, 0.3) is 5.91 Å². The summed E-state index contributed by atoms with van der Waals surface area (Å²) in [5.74, 6) is 0.645. The maximum Gasteiger partial charge on any atom is 0.266 e. The first-order valence-corrected chi connectivity index (χ1v) is 8.31. The van der Waals surface area contributed by atoms with E-state index >= 15 is 0 Å². The molecule has 5 nitrogen and oxygen atoms in total. The third-order valence-electron chi connectivity index (χ3n) is 4.64. The zero-order valence-corrected chi connectivity index (χ0v) is 14.1. The van der Waals surface area contributed by atoms with Crippen molar-refractivity contribution < 1.29 is 9.53 Å². The molecule has 1 N–H and O–H groups in total. The zero-order valence-electron chi connectivity index (χ0n) is 14.1. The number of hydrogen-bond acceptors (Lipinski definition) is 3. The number of anilines is 1. The molecule has 1 aliphatic rings. The first-order chi connectivity index (χ1) is 12.1. The summed E-state index contributed by atoms with van der Waals surface area (Å²) in [6, 6.07) is 17.6. The van der Waals surface area contributed by atoms with Gasteiger partial charge in [-0.25, -0.2) is 4.68 Å². The fraction of sp³-hybridized carbons (Fsp3) is 0.200. The van der Waals surface area contributed by atoms with Crippen LogP contribution < -0.4 is 10.1 Å². The predicted molar refractivity (Wildman–Crippen MR) is 96.2 cm³/mol. The van der Waals surface area contributed by atoms with Gasteiger partial charge in [0.15, 0.2) is 6.10 Å². The van der Waals surface area contributed by atoms with Crippen molar-refractivity contribution in [3.63, 3.8) is 0 Å². The lowest BCUT2D eigenvalue weighted by atomic mass is 9.97. The molecule has 126 valence electrons. The minimum absolute atomic E-state index is 0.0145. The number of nitrogens with zero attached hydrogens (tertiary/aromatic N) is 2. The van der Waals surface area contributed by atoms with E-state index in [4.69, 9.17) is 4.74 Å². The summed E-state index contributed by atoms with van der Waals surface area (Å²) >= 11 is 0. The van der Waals surface area contributed by atoms with Crippen LogP contribution in [0.15, 0.2) is 60.8 Å². The van der Waals surface area contributed by atoms with E-state index in [1.54, 1.807) is 6.20 Å². The highest BCUT2D eigenvalue weighted by Crippen LogP contribution is 2.38. The van der Waals surface area contributed by atoms with Crippen LogP contribution in [0.5, 0.6) is 5.75 Å². The Kier molecular flexibility index (Phi) is 3.76. The van der Waals surface area contributed by atoms with Gasteiger partial charge in [-0.1, -0.05) is 43.3 Å². The van der Waals surface area contributed by atoms with E-state index in [9.17, 15) is 4.79 Å². The molecule has 0 saturated heterocycles. The Labute approximate surface area is 146 Å². The van der Waals surface area contributed by atoms with Gasteiger partial charge in [-0.05, 0) is 25.1 Å². The molecular formula is C20H19N3O2. The molecule has 1 aromatic heterocycles. The van der Waals surface area contributed by atoms with Crippen molar-refractivity contribution in [2.24, 2.45) is 0 Å². The van der Waals surface area contributed by atoms with Crippen LogP contribution in [-0.4, -0.2) is 21.8 Å². The number of nitrogens with one attached hydrogen (secondary N) is 1. The second-order valence-electron chi connectivity index (χ2n) is 6.25. The molecule has 2 aromatic carbocycles. The Morgan fingerprint density at radius 3 is 2.60 bits per heavy atom. The molecule has 0 radical (unpaired) electrons. The molecule has 1 amide bonds. The number of amides is 1. The van der Waals surface area contributed by atoms with E-state index in [0.717, 1.165) is 22.7 Å². The highest BCUT2D eigenvalue weighted by atomic mass is 16.5. The van der Waals surface area contributed by atoms with Crippen LogP contribution in [-0.2, 0) is 4.79 Å². The lowest BCUT2D eigenvalue weighted by molar-refractivity contribution is -0.122. The molecule has 25 heavy (non-hydrogen) atoms. The van der Waals surface area contributed by atoms with Crippen LogP contribution in [0.1, 0.15) is 24.1 Å². The maximum atomic E-state index is 12.7. The average molecular weight is 333 g/mol. The topological polar surface area (TPSA) is 56.1 Å². The van der Waals surface area contributed by atoms with E-state index in [1.165, 1.54) is 0 Å². The minimum Gasteiger partial charge on any atom is -0.480 e. The van der Waals surface area contributed by atoms with Crippen molar-refractivity contribution in [2.45, 2.75) is 25.9 Å². The quantitative estimate of drug-likeness (QED) is 0.795. The van der Waals surface area contributed by atoms with Crippen molar-refractivity contribution in [3.05, 3.63) is 72.1 Å². The third-order valence-corrected chi connectivity index (χ3v) is 4.64. The third kappa shape index (κ3) is 2.67. The van der Waals surface area contributed by atoms with E-state index in [0.29, 0.717) is 5.69 Å². The number of carbonyl (C=O) groups is 1. The summed E-state index contributed by atoms with van der Waals surface area (Å²) in [6.07, 6.45) is 1.14. The summed E-state index contributed by atoms with van der Waals surface area (Å²) in [4.78, 5) is 12.7. The van der Waals surface area contributed by atoms with Crippen LogP contribution >= 0.6 is 0 Å². The lowest BCUT2D eigenvalue weighted by Gasteiger charge is -2.15. The Morgan fingerprint density at radius 1 is 1.12 bits per heavy atom. The summed E-state index contributed by atoms with van der Waals surface area (Å²) in [5.41, 5.74) is 3.60. The Morgan fingerprint density at radius 2 is 1.84 bits per heavy atom. The molecular weight excluding hydrogens is 314 g/mol. The van der Waals surface area contributed by atoms with E-state index in [1.807, 2.05) is 73.1 Å². The van der Waals surface area contributed by atoms with Crippen LogP contribution in [0.2, 0.25) is 0 Å². The van der Waals surface area contributed by atoms with Crippen LogP contribution in [0.3, 0.4) is 0 Å². The summed E-state index contributed by atoms with van der Waals surface area (Å²) < 4.78 is 7.65. The number of fused-ring (bicyclic) bond motifs is 1. The first kappa shape index (κ1) is 15.4. The van der Waals surface area contributed by atoms with Crippen LogP contribution in [0.4, 0.5) is 5.69 Å². The molecule has 2 heterocycles. The normalized spacial score (nSPS) is 18.5. The van der Waals surface area contributed by atoms with Gasteiger partial charge in [0, 0.05) is 11.5 Å². The van der Waals surface area contributed by atoms with E-state index in [2.05, 4.69) is 10.4 Å². The average Bonchev–Trinajstić information content (AvgIpc) is 3.17. The SMILES string of the molecule is Cc1c(NC(=O)C2Oc3ccccc3C2C)cnn1-c1ccccc1. The van der Waals surface area contributed by atoms with Gasteiger partial charge < -0.3 is 10.1 Å². The zero-order chi connectivity index (χ0) is 17.4. The molecule has 0 saturated carbocycles. The van der Waals surface area contributed by atoms with Crippen molar-refractivity contribution in [1.82, 2.24) is 9.78 Å². The maximum absolute atomic E-state index is 12.7. The molecule has 0 bridgehead atoms. The van der Waals surface area contributed by atoms with Crippen LogP contribution in [0.25, 0.3) is 5.69 Å². The number of aromatic nitrogens is 2. The Bertz CT molecular complexity index is 918. The fourth-order valence-corrected chi connectivity index (χ4v) is 3.21. The minimum atomic E-state index is -0.531. The molecule has 0 spiro atoms. The molecule has 3 aromatic rings. The first-order valence-electron chi connectivity index (χ1n) is 8.31. The van der Waals surface area contributed by atoms with Gasteiger partial charge in [-0.3, -0.25) is 4.79 Å². The molecule has 0 fully saturated rings. The largest absolute Gasteiger partial charge is 0.480 e. The molecule has 2 unspecified atom stereocenters. The highest BCUT2D eigenvalue weighted by Gasteiger charge is 2.36. The van der Waals surface area contributed by atoms with Crippen molar-refractivity contribution in [1.29, 1.82) is 0 Å². The second kappa shape index (κ2) is 6.09. The predicted octanol–water partition coefficient (Wildman–Crippen LogP) is 3.68. The number of ether oxygens (including phenoxy) is 1. The van der Waals surface area contributed by atoms with E-state index < -0.39 is 6.10 Å². The van der Waals surface area contributed by atoms with Crippen molar-refractivity contribution in [3.8, 4) is 11.4 Å². The molecule has 1 aliphatic heterocycles. The number of benzene rings is 2. The Hall–Kier alpha value is -3.08. The summed E-state index contributed by atoms with van der Waals surface area (Å²) in [7, 11) is 0. The van der Waals surface area contributed by atoms with Crippen molar-refractivity contribution in [2.75, 3.05) is 5.32 Å². The van der Waals surface area contributed by atoms with Gasteiger partial charge in [-0.15, -0.1) is 0 Å². The molecule has 4 rings (SSSR count). The standard InChI is InChI=1S/C20H19N3O2/c1-13-16-10-6-7-11-18(16)25-19(13)20(24)22-17-12-21-23(14(17)2)15-8-4-3-5-9-15/h3-13,19H,1-2H3,(H,22,24). The number of carbonyl (C=O) groups excluding carboxylic acids is 1. The van der Waals surface area contributed by atoms with Gasteiger partial charge in [-0.2, -0.15) is 5.10 Å².